The smallest absolute Gasteiger partial charge is 0.165 e. The van der Waals surface area contributed by atoms with E-state index in [-0.39, 0.29) is 24.2 Å². The van der Waals surface area contributed by atoms with Crippen LogP contribution >= 0.6 is 0 Å². The third kappa shape index (κ3) is 3.79. The zero-order valence-corrected chi connectivity index (χ0v) is 12.4. The molecule has 0 bridgehead atoms. The lowest BCUT2D eigenvalue weighted by Crippen LogP contribution is -2.12. The quantitative estimate of drug-likeness (QED) is 0.894. The largest absolute Gasteiger partial charge is 0.486 e. The average Bonchev–Trinajstić information content (AvgIpc) is 2.46. The number of ether oxygens (including phenoxy) is 1. The fourth-order valence-corrected chi connectivity index (χ4v) is 2.05. The van der Waals surface area contributed by atoms with E-state index < -0.39 is 5.82 Å². The summed E-state index contributed by atoms with van der Waals surface area (Å²) in [6, 6.07) is 9.46. The monoisotopic (exact) mass is 291 g/mol. The van der Waals surface area contributed by atoms with Gasteiger partial charge in [-0.1, -0.05) is 12.1 Å². The molecule has 0 aliphatic carbocycles. The molecule has 0 aliphatic rings. The molecule has 0 aromatic heterocycles. The first-order valence-electron chi connectivity index (χ1n) is 6.86. The summed E-state index contributed by atoms with van der Waals surface area (Å²) in [6.07, 6.45) is 0. The Morgan fingerprint density at radius 2 is 1.90 bits per heavy atom. The second-order valence-corrected chi connectivity index (χ2v) is 5.06. The van der Waals surface area contributed by atoms with Gasteiger partial charge >= 0.3 is 0 Å². The molecule has 2 aromatic carbocycles. The van der Waals surface area contributed by atoms with Crippen LogP contribution in [0.4, 0.5) is 8.78 Å². The van der Waals surface area contributed by atoms with Gasteiger partial charge in [-0.15, -0.1) is 0 Å². The van der Waals surface area contributed by atoms with Crippen molar-refractivity contribution in [3.8, 4) is 5.75 Å². The number of nitrogens with one attached hydrogen (secondary N) is 1. The molecule has 2 aromatic rings. The SMILES string of the molecule is CNC(C)c1ccc(OCc2ccc(F)cc2C)c(F)c1. The zero-order valence-electron chi connectivity index (χ0n) is 12.4. The normalized spacial score (nSPS) is 12.2. The first-order valence-corrected chi connectivity index (χ1v) is 6.86. The summed E-state index contributed by atoms with van der Waals surface area (Å²) in [5, 5.41) is 3.06. The lowest BCUT2D eigenvalue weighted by atomic mass is 10.1. The summed E-state index contributed by atoms with van der Waals surface area (Å²) in [7, 11) is 1.82. The minimum Gasteiger partial charge on any atom is -0.486 e. The lowest BCUT2D eigenvalue weighted by Gasteiger charge is -2.13. The first-order chi connectivity index (χ1) is 10.0. The second kappa shape index (κ2) is 6.68. The van der Waals surface area contributed by atoms with Gasteiger partial charge in [-0.25, -0.2) is 8.78 Å². The van der Waals surface area contributed by atoms with E-state index in [2.05, 4.69) is 5.32 Å². The number of halogens is 2. The number of rotatable bonds is 5. The predicted octanol–water partition coefficient (Wildman–Crippen LogP) is 4.13. The molecule has 0 fully saturated rings. The summed E-state index contributed by atoms with van der Waals surface area (Å²) in [5.41, 5.74) is 2.49. The summed E-state index contributed by atoms with van der Waals surface area (Å²) in [6.45, 7) is 3.97. The fraction of sp³-hybridized carbons (Fsp3) is 0.294. The van der Waals surface area contributed by atoms with Crippen LogP contribution in [0, 0.1) is 18.6 Å². The molecule has 0 amide bonds. The Kier molecular flexibility index (Phi) is 4.91. The van der Waals surface area contributed by atoms with Crippen LogP contribution < -0.4 is 10.1 Å². The zero-order chi connectivity index (χ0) is 15.4. The molecule has 0 radical (unpaired) electrons. The van der Waals surface area contributed by atoms with Gasteiger partial charge < -0.3 is 10.1 Å². The highest BCUT2D eigenvalue weighted by molar-refractivity contribution is 5.32. The third-order valence-corrected chi connectivity index (χ3v) is 3.58. The minimum absolute atomic E-state index is 0.0768. The summed E-state index contributed by atoms with van der Waals surface area (Å²) < 4.78 is 32.5. The Balaban J connectivity index is 2.10. The van der Waals surface area contributed by atoms with Crippen molar-refractivity contribution in [3.63, 3.8) is 0 Å². The van der Waals surface area contributed by atoms with Crippen molar-refractivity contribution in [1.82, 2.24) is 5.32 Å². The van der Waals surface area contributed by atoms with Crippen LogP contribution in [-0.4, -0.2) is 7.05 Å². The van der Waals surface area contributed by atoms with Crippen LogP contribution in [-0.2, 0) is 6.61 Å². The van der Waals surface area contributed by atoms with Crippen molar-refractivity contribution in [2.45, 2.75) is 26.5 Å². The fourth-order valence-electron chi connectivity index (χ4n) is 2.05. The molecule has 1 atom stereocenters. The van der Waals surface area contributed by atoms with Crippen LogP contribution in [0.2, 0.25) is 0 Å². The molecular formula is C17H19F2NO. The van der Waals surface area contributed by atoms with Crippen LogP contribution in [0.5, 0.6) is 5.75 Å². The van der Waals surface area contributed by atoms with Gasteiger partial charge in [-0.05, 0) is 61.9 Å². The molecule has 4 heteroatoms. The summed E-state index contributed by atoms with van der Waals surface area (Å²) >= 11 is 0. The molecule has 0 aliphatic heterocycles. The van der Waals surface area contributed by atoms with Gasteiger partial charge in [0.15, 0.2) is 11.6 Å². The molecule has 1 unspecified atom stereocenters. The topological polar surface area (TPSA) is 21.3 Å². The van der Waals surface area contributed by atoms with Gasteiger partial charge in [-0.2, -0.15) is 0 Å². The molecule has 0 spiro atoms. The van der Waals surface area contributed by atoms with Crippen molar-refractivity contribution < 1.29 is 13.5 Å². The third-order valence-electron chi connectivity index (χ3n) is 3.58. The summed E-state index contributed by atoms with van der Waals surface area (Å²) in [5.74, 6) is -0.479. The van der Waals surface area contributed by atoms with Crippen molar-refractivity contribution >= 4 is 0 Å². The Morgan fingerprint density at radius 1 is 1.14 bits per heavy atom. The van der Waals surface area contributed by atoms with E-state index in [1.807, 2.05) is 20.0 Å². The van der Waals surface area contributed by atoms with Gasteiger partial charge in [0.2, 0.25) is 0 Å². The summed E-state index contributed by atoms with van der Waals surface area (Å²) in [4.78, 5) is 0. The molecule has 2 rings (SSSR count). The Hall–Kier alpha value is -1.94. The maximum absolute atomic E-state index is 14.0. The Bertz CT molecular complexity index is 628. The van der Waals surface area contributed by atoms with Gasteiger partial charge in [0, 0.05) is 6.04 Å². The maximum Gasteiger partial charge on any atom is 0.165 e. The molecule has 1 N–H and O–H groups in total. The standard InChI is InChI=1S/C17H19F2NO/c1-11-8-15(18)6-4-14(11)10-21-17-7-5-13(9-16(17)19)12(2)20-3/h4-9,12,20H,10H2,1-3H3. The van der Waals surface area contributed by atoms with Crippen LogP contribution in [0.3, 0.4) is 0 Å². The van der Waals surface area contributed by atoms with Crippen molar-refractivity contribution in [2.24, 2.45) is 0 Å². The highest BCUT2D eigenvalue weighted by Gasteiger charge is 2.09. The number of aryl methyl sites for hydroxylation is 1. The van der Waals surface area contributed by atoms with Gasteiger partial charge in [0.25, 0.3) is 0 Å². The molecule has 2 nitrogen and oxygen atoms in total. The van der Waals surface area contributed by atoms with E-state index >= 15 is 0 Å². The van der Waals surface area contributed by atoms with E-state index in [4.69, 9.17) is 4.74 Å². The average molecular weight is 291 g/mol. The van der Waals surface area contributed by atoms with E-state index in [0.29, 0.717) is 0 Å². The van der Waals surface area contributed by atoms with Crippen LogP contribution in [0.25, 0.3) is 0 Å². The van der Waals surface area contributed by atoms with Crippen molar-refractivity contribution in [3.05, 3.63) is 64.7 Å². The van der Waals surface area contributed by atoms with Gasteiger partial charge in [0.05, 0.1) is 0 Å². The molecule has 0 saturated carbocycles. The number of hydrogen-bond acceptors (Lipinski definition) is 2. The molecule has 112 valence electrons. The molecular weight excluding hydrogens is 272 g/mol. The highest BCUT2D eigenvalue weighted by atomic mass is 19.1. The molecule has 0 saturated heterocycles. The highest BCUT2D eigenvalue weighted by Crippen LogP contribution is 2.23. The van der Waals surface area contributed by atoms with Crippen molar-refractivity contribution in [2.75, 3.05) is 7.05 Å². The number of benzene rings is 2. The maximum atomic E-state index is 14.0. The Labute approximate surface area is 123 Å². The number of hydrogen-bond donors (Lipinski definition) is 1. The predicted molar refractivity (Wildman–Crippen MR) is 79.3 cm³/mol. The minimum atomic E-state index is -0.394. The van der Waals surface area contributed by atoms with E-state index in [0.717, 1.165) is 16.7 Å². The van der Waals surface area contributed by atoms with E-state index in [9.17, 15) is 8.78 Å². The van der Waals surface area contributed by atoms with Crippen LogP contribution in [0.1, 0.15) is 29.7 Å². The van der Waals surface area contributed by atoms with E-state index in [1.54, 1.807) is 19.1 Å². The lowest BCUT2D eigenvalue weighted by molar-refractivity contribution is 0.289. The molecule has 0 heterocycles. The molecule has 21 heavy (non-hydrogen) atoms. The Morgan fingerprint density at radius 3 is 2.52 bits per heavy atom. The van der Waals surface area contributed by atoms with Crippen LogP contribution in [0.15, 0.2) is 36.4 Å². The van der Waals surface area contributed by atoms with Gasteiger partial charge in [0.1, 0.15) is 12.4 Å². The second-order valence-electron chi connectivity index (χ2n) is 5.06. The van der Waals surface area contributed by atoms with E-state index in [1.165, 1.54) is 18.2 Å². The van der Waals surface area contributed by atoms with Gasteiger partial charge in [-0.3, -0.25) is 0 Å². The first kappa shape index (κ1) is 15.4. The van der Waals surface area contributed by atoms with Crippen molar-refractivity contribution in [1.29, 1.82) is 0 Å².